The summed E-state index contributed by atoms with van der Waals surface area (Å²) in [6.45, 7) is 9.41. The molecular weight excluding hydrogens is 392 g/mol. The molecule has 4 rings (SSSR count). The van der Waals surface area contributed by atoms with Gasteiger partial charge in [0.1, 0.15) is 0 Å². The van der Waals surface area contributed by atoms with Crippen molar-refractivity contribution in [2.24, 2.45) is 11.3 Å². The molecule has 0 radical (unpaired) electrons. The summed E-state index contributed by atoms with van der Waals surface area (Å²) in [5.74, 6) is 0.620. The lowest BCUT2D eigenvalue weighted by Gasteiger charge is -2.23. The van der Waals surface area contributed by atoms with E-state index in [1.807, 2.05) is 27.7 Å². The van der Waals surface area contributed by atoms with Crippen molar-refractivity contribution in [1.29, 1.82) is 0 Å². The number of nitrogens with zero attached hydrogens (tertiary/aromatic N) is 3. The highest BCUT2D eigenvalue weighted by Crippen LogP contribution is 2.33. The van der Waals surface area contributed by atoms with Gasteiger partial charge in [-0.15, -0.1) is 0 Å². The predicted molar refractivity (Wildman–Crippen MR) is 119 cm³/mol. The van der Waals surface area contributed by atoms with Gasteiger partial charge >= 0.3 is 0 Å². The Kier molecular flexibility index (Phi) is 5.85. The average Bonchev–Trinajstić information content (AvgIpc) is 3.37. The van der Waals surface area contributed by atoms with Gasteiger partial charge in [-0.25, -0.2) is 4.98 Å². The van der Waals surface area contributed by atoms with Crippen LogP contribution in [0.4, 0.5) is 0 Å². The molecule has 0 saturated carbocycles. The summed E-state index contributed by atoms with van der Waals surface area (Å²) in [7, 11) is 0. The SMILES string of the molecule is CC1CN(C(=O)c2ccc3c(c2)ncn3CCNC(=O)c2ccco2)CCC(C)(C)C1. The molecule has 164 valence electrons. The first-order valence-electron chi connectivity index (χ1n) is 10.9. The van der Waals surface area contributed by atoms with Gasteiger partial charge in [0.2, 0.25) is 0 Å². The molecule has 31 heavy (non-hydrogen) atoms. The van der Waals surface area contributed by atoms with E-state index in [-0.39, 0.29) is 17.2 Å². The molecule has 3 aromatic rings. The summed E-state index contributed by atoms with van der Waals surface area (Å²) < 4.78 is 7.07. The fraction of sp³-hybridized carbons (Fsp3) is 0.458. The van der Waals surface area contributed by atoms with Gasteiger partial charge in [-0.1, -0.05) is 20.8 Å². The first kappa shape index (κ1) is 21.2. The summed E-state index contributed by atoms with van der Waals surface area (Å²) in [6, 6.07) is 9.01. The Morgan fingerprint density at radius 2 is 2.13 bits per heavy atom. The molecule has 7 heteroatoms. The van der Waals surface area contributed by atoms with Gasteiger partial charge in [0.25, 0.3) is 11.8 Å². The summed E-state index contributed by atoms with van der Waals surface area (Å²) in [4.78, 5) is 31.6. The molecule has 2 amide bonds. The van der Waals surface area contributed by atoms with E-state index < -0.39 is 0 Å². The lowest BCUT2D eigenvalue weighted by atomic mass is 9.82. The number of amides is 2. The molecule has 1 N–H and O–H groups in total. The Balaban J connectivity index is 1.42. The summed E-state index contributed by atoms with van der Waals surface area (Å²) in [5.41, 5.74) is 2.67. The molecule has 2 aromatic heterocycles. The minimum atomic E-state index is -0.239. The highest BCUT2D eigenvalue weighted by molar-refractivity contribution is 5.97. The molecule has 1 aliphatic heterocycles. The molecule has 0 bridgehead atoms. The second kappa shape index (κ2) is 8.57. The standard InChI is InChI=1S/C24H30N4O3/c1-17-14-24(2,3)8-10-27(15-17)23(30)18-6-7-20-19(13-18)26-16-28(20)11-9-25-22(29)21-5-4-12-31-21/h4-7,12-13,16-17H,8-11,14-15H2,1-3H3,(H,25,29). The van der Waals surface area contributed by atoms with Crippen molar-refractivity contribution in [2.75, 3.05) is 19.6 Å². The molecule has 1 aromatic carbocycles. The zero-order valence-corrected chi connectivity index (χ0v) is 18.4. The van der Waals surface area contributed by atoms with E-state index in [0.717, 1.165) is 37.0 Å². The third-order valence-electron chi connectivity index (χ3n) is 6.03. The molecule has 0 aliphatic carbocycles. The van der Waals surface area contributed by atoms with Gasteiger partial charge in [0.15, 0.2) is 5.76 Å². The Morgan fingerprint density at radius 3 is 2.90 bits per heavy atom. The van der Waals surface area contributed by atoms with Crippen molar-refractivity contribution < 1.29 is 14.0 Å². The van der Waals surface area contributed by atoms with Gasteiger partial charge in [0.05, 0.1) is 23.6 Å². The summed E-state index contributed by atoms with van der Waals surface area (Å²) >= 11 is 0. The minimum absolute atomic E-state index is 0.0757. The fourth-order valence-corrected chi connectivity index (χ4v) is 4.54. The van der Waals surface area contributed by atoms with Crippen LogP contribution in [0, 0.1) is 11.3 Å². The summed E-state index contributed by atoms with van der Waals surface area (Å²) in [5, 5.41) is 2.84. The number of aromatic nitrogens is 2. The van der Waals surface area contributed by atoms with Crippen molar-refractivity contribution in [2.45, 2.75) is 40.2 Å². The van der Waals surface area contributed by atoms with Gasteiger partial charge in [0, 0.05) is 31.7 Å². The predicted octanol–water partition coefficient (Wildman–Crippen LogP) is 3.96. The number of fused-ring (bicyclic) bond motifs is 1. The van der Waals surface area contributed by atoms with E-state index >= 15 is 0 Å². The van der Waals surface area contributed by atoms with Gasteiger partial charge < -0.3 is 19.2 Å². The molecule has 0 spiro atoms. The zero-order valence-electron chi connectivity index (χ0n) is 18.4. The maximum atomic E-state index is 13.2. The van der Waals surface area contributed by atoms with Gasteiger partial charge in [-0.2, -0.15) is 0 Å². The van der Waals surface area contributed by atoms with Crippen molar-refractivity contribution in [3.63, 3.8) is 0 Å². The third kappa shape index (κ3) is 4.81. The van der Waals surface area contributed by atoms with Crippen LogP contribution in [0.1, 0.15) is 54.5 Å². The molecule has 1 unspecified atom stereocenters. The number of carbonyl (C=O) groups excluding carboxylic acids is 2. The largest absolute Gasteiger partial charge is 0.459 e. The molecule has 1 saturated heterocycles. The maximum Gasteiger partial charge on any atom is 0.287 e. The Bertz CT molecular complexity index is 1070. The van der Waals surface area contributed by atoms with Crippen LogP contribution in [-0.2, 0) is 6.54 Å². The number of nitrogens with one attached hydrogen (secondary N) is 1. The van der Waals surface area contributed by atoms with E-state index in [1.54, 1.807) is 18.5 Å². The van der Waals surface area contributed by atoms with Crippen molar-refractivity contribution in [1.82, 2.24) is 19.8 Å². The first-order chi connectivity index (χ1) is 14.8. The molecule has 1 fully saturated rings. The van der Waals surface area contributed by atoms with Crippen LogP contribution in [0.2, 0.25) is 0 Å². The second-order valence-electron chi connectivity index (χ2n) is 9.35. The first-order valence-corrected chi connectivity index (χ1v) is 10.9. The number of hydrogen-bond donors (Lipinski definition) is 1. The van der Waals surface area contributed by atoms with E-state index in [1.165, 1.54) is 6.26 Å². The Morgan fingerprint density at radius 1 is 1.29 bits per heavy atom. The highest BCUT2D eigenvalue weighted by Gasteiger charge is 2.29. The number of imidazole rings is 1. The van der Waals surface area contributed by atoms with Gasteiger partial charge in [-0.3, -0.25) is 9.59 Å². The average molecular weight is 423 g/mol. The molecule has 3 heterocycles. The zero-order chi connectivity index (χ0) is 22.0. The van der Waals surface area contributed by atoms with Crippen LogP contribution >= 0.6 is 0 Å². The number of carbonyl (C=O) groups is 2. The van der Waals surface area contributed by atoms with Crippen LogP contribution in [0.15, 0.2) is 47.3 Å². The molecular formula is C24H30N4O3. The van der Waals surface area contributed by atoms with E-state index in [2.05, 4.69) is 31.1 Å². The quantitative estimate of drug-likeness (QED) is 0.675. The van der Waals surface area contributed by atoms with Crippen LogP contribution in [-0.4, -0.2) is 45.9 Å². The number of likely N-dealkylation sites (tertiary alicyclic amines) is 1. The second-order valence-corrected chi connectivity index (χ2v) is 9.35. The van der Waals surface area contributed by atoms with Crippen molar-refractivity contribution in [3.05, 3.63) is 54.2 Å². The van der Waals surface area contributed by atoms with Crippen LogP contribution < -0.4 is 5.32 Å². The monoisotopic (exact) mass is 422 g/mol. The van der Waals surface area contributed by atoms with E-state index in [4.69, 9.17) is 4.42 Å². The van der Waals surface area contributed by atoms with Crippen molar-refractivity contribution in [3.8, 4) is 0 Å². The molecule has 7 nitrogen and oxygen atoms in total. The fourth-order valence-electron chi connectivity index (χ4n) is 4.54. The van der Waals surface area contributed by atoms with Crippen molar-refractivity contribution >= 4 is 22.8 Å². The highest BCUT2D eigenvalue weighted by atomic mass is 16.3. The number of benzene rings is 1. The number of rotatable bonds is 5. The molecule has 1 atom stereocenters. The van der Waals surface area contributed by atoms with E-state index in [0.29, 0.717) is 30.3 Å². The lowest BCUT2D eigenvalue weighted by Crippen LogP contribution is -2.34. The maximum absolute atomic E-state index is 13.2. The number of furan rings is 1. The van der Waals surface area contributed by atoms with Crippen LogP contribution in [0.5, 0.6) is 0 Å². The smallest absolute Gasteiger partial charge is 0.287 e. The lowest BCUT2D eigenvalue weighted by molar-refractivity contribution is 0.0743. The molecule has 1 aliphatic rings. The van der Waals surface area contributed by atoms with Crippen LogP contribution in [0.25, 0.3) is 11.0 Å². The minimum Gasteiger partial charge on any atom is -0.459 e. The third-order valence-corrected chi connectivity index (χ3v) is 6.03. The summed E-state index contributed by atoms with van der Waals surface area (Å²) in [6.07, 6.45) is 5.37. The Hall–Kier alpha value is -3.09. The normalized spacial score (nSPS) is 18.7. The topological polar surface area (TPSA) is 80.4 Å². The van der Waals surface area contributed by atoms with Crippen LogP contribution in [0.3, 0.4) is 0 Å². The Labute approximate surface area is 182 Å². The van der Waals surface area contributed by atoms with E-state index in [9.17, 15) is 9.59 Å². The number of hydrogen-bond acceptors (Lipinski definition) is 4. The van der Waals surface area contributed by atoms with Gasteiger partial charge in [-0.05, 0) is 54.5 Å².